The number of alkyl halides is 6. The fourth-order valence-corrected chi connectivity index (χ4v) is 7.65. The molecule has 0 atom stereocenters. The first kappa shape index (κ1) is 46.9. The molecule has 2 heterocycles. The van der Waals surface area contributed by atoms with Crippen LogP contribution in [0.1, 0.15) is 11.4 Å². The first-order valence-electron chi connectivity index (χ1n) is 19.9. The number of rotatable bonds is 12. The second kappa shape index (κ2) is 18.9. The smallest absolute Gasteiger partial charge is 0.495 e. The maximum Gasteiger partial charge on any atom is 0.573 e. The summed E-state index contributed by atoms with van der Waals surface area (Å²) in [5.74, 6) is 0.974. The number of halogens is 8. The van der Waals surface area contributed by atoms with Gasteiger partial charge in [-0.1, -0.05) is 47.5 Å². The quantitative estimate of drug-likeness (QED) is 0.0860. The van der Waals surface area contributed by atoms with Crippen molar-refractivity contribution < 1.29 is 69.0 Å². The highest BCUT2D eigenvalue weighted by molar-refractivity contribution is 6.33. The Balaban J connectivity index is 1.15. The van der Waals surface area contributed by atoms with Crippen LogP contribution in [0.25, 0.3) is 44.1 Å². The van der Waals surface area contributed by atoms with E-state index in [9.17, 15) is 31.1 Å². The van der Waals surface area contributed by atoms with E-state index < -0.39 is 30.4 Å². The third-order valence-electron chi connectivity index (χ3n) is 10.0. The second-order valence-electron chi connectivity index (χ2n) is 14.6. The van der Waals surface area contributed by atoms with Gasteiger partial charge in [-0.3, -0.25) is 9.97 Å². The van der Waals surface area contributed by atoms with Gasteiger partial charge < -0.3 is 37.9 Å². The summed E-state index contributed by atoms with van der Waals surface area (Å²) in [4.78, 5) is 24.0. The zero-order valence-electron chi connectivity index (χ0n) is 35.6. The van der Waals surface area contributed by atoms with E-state index in [0.717, 1.165) is 24.3 Å². The van der Waals surface area contributed by atoms with Crippen LogP contribution in [0, 0.1) is 13.8 Å². The van der Waals surface area contributed by atoms with E-state index in [4.69, 9.17) is 61.6 Å². The molecule has 11 nitrogen and oxygen atoms in total. The molecular weight excluding hydrogens is 945 g/mol. The zero-order chi connectivity index (χ0) is 48.5. The summed E-state index contributed by atoms with van der Waals surface area (Å²) in [6.45, 7) is 3.42. The Hall–Kier alpha value is -7.63. The van der Waals surface area contributed by atoms with Gasteiger partial charge in [0.05, 0.1) is 35.3 Å². The van der Waals surface area contributed by atoms with E-state index in [1.807, 2.05) is 0 Å². The van der Waals surface area contributed by atoms with Gasteiger partial charge in [0.2, 0.25) is 0 Å². The average molecular weight is 978 g/mol. The lowest BCUT2D eigenvalue weighted by molar-refractivity contribution is -0.275. The maximum absolute atomic E-state index is 14.4. The van der Waals surface area contributed by atoms with Gasteiger partial charge >= 0.3 is 18.9 Å². The van der Waals surface area contributed by atoms with Gasteiger partial charge in [-0.2, -0.15) is 0 Å². The summed E-state index contributed by atoms with van der Waals surface area (Å²) < 4.78 is 119. The molecule has 0 bridgehead atoms. The van der Waals surface area contributed by atoms with Crippen LogP contribution in [0.5, 0.6) is 57.5 Å². The van der Waals surface area contributed by atoms with Crippen LogP contribution in [-0.2, 0) is 0 Å². The molecule has 2 aromatic heterocycles. The van der Waals surface area contributed by atoms with Gasteiger partial charge in [-0.05, 0) is 110 Å². The summed E-state index contributed by atoms with van der Waals surface area (Å²) in [6, 6.07) is 29.1. The molecule has 8 aromatic rings. The Morgan fingerprint density at radius 3 is 1.10 bits per heavy atom. The van der Waals surface area contributed by atoms with Crippen LogP contribution in [0.4, 0.5) is 31.1 Å². The van der Waals surface area contributed by atoms with Gasteiger partial charge in [0.15, 0.2) is 11.5 Å². The number of aromatic nitrogens is 2. The Labute approximate surface area is 392 Å². The van der Waals surface area contributed by atoms with Crippen LogP contribution >= 0.6 is 23.2 Å². The number of nitrogens with zero attached hydrogens (tertiary/aromatic N) is 2. The lowest BCUT2D eigenvalue weighted by Gasteiger charge is -2.19. The van der Waals surface area contributed by atoms with Crippen molar-refractivity contribution in [2.75, 3.05) is 14.2 Å². The molecule has 0 aliphatic carbocycles. The van der Waals surface area contributed by atoms with Gasteiger partial charge in [0, 0.05) is 45.4 Å². The molecule has 0 saturated carbocycles. The lowest BCUT2D eigenvalue weighted by Crippen LogP contribution is -2.16. The number of benzene rings is 6. The van der Waals surface area contributed by atoms with Crippen LogP contribution in [-0.4, -0.2) is 43.1 Å². The number of hydrogen-bond acceptors (Lipinski definition) is 11. The van der Waals surface area contributed by atoms with Crippen molar-refractivity contribution in [3.8, 4) is 79.7 Å². The van der Waals surface area contributed by atoms with Crippen molar-refractivity contribution in [3.05, 3.63) is 143 Å². The normalized spacial score (nSPS) is 11.6. The van der Waals surface area contributed by atoms with Crippen molar-refractivity contribution in [2.45, 2.75) is 26.6 Å². The molecule has 8 rings (SSSR count). The number of hydrogen-bond donors (Lipinski definition) is 0. The highest BCUT2D eigenvalue weighted by atomic mass is 35.5. The Kier molecular flexibility index (Phi) is 13.1. The highest BCUT2D eigenvalue weighted by Crippen LogP contribution is 2.45. The summed E-state index contributed by atoms with van der Waals surface area (Å²) in [7, 11) is 2.88. The predicted molar refractivity (Wildman–Crippen MR) is 240 cm³/mol. The fraction of sp³-hybridized carbons (Fsp3) is 0.122. The summed E-state index contributed by atoms with van der Waals surface area (Å²) in [5, 5.41) is 1.01. The van der Waals surface area contributed by atoms with E-state index in [2.05, 4.69) is 9.47 Å². The molecule has 0 aliphatic rings. The van der Waals surface area contributed by atoms with Crippen LogP contribution in [0.15, 0.2) is 121 Å². The first-order valence-corrected chi connectivity index (χ1v) is 20.6. The third-order valence-corrected chi connectivity index (χ3v) is 10.6. The maximum atomic E-state index is 14.4. The number of ether oxygens (including phenoxy) is 8. The molecule has 0 N–H and O–H groups in total. The minimum Gasteiger partial charge on any atom is -0.495 e. The summed E-state index contributed by atoms with van der Waals surface area (Å²) in [6.07, 6.45) is -10.9. The van der Waals surface area contributed by atoms with E-state index in [1.54, 1.807) is 74.5 Å². The SMILES string of the molecule is COc1cc2nc(C)c(-c3ccc(Oc4ccc(OC(F)(F)F)cc4)cc3)c(OC(=O)Oc3c(-c4ccc(Oc5ccc(OC(F)(F)F)cc5)cc4)c(C)nc4cc(OC)c(Cl)cc34)c2cc1Cl. The molecular formula is C49H32Cl2F6N2O9. The lowest BCUT2D eigenvalue weighted by atomic mass is 9.99. The van der Waals surface area contributed by atoms with E-state index in [1.165, 1.54) is 50.6 Å². The molecule has 19 heteroatoms. The molecule has 0 amide bonds. The monoisotopic (exact) mass is 976 g/mol. The highest BCUT2D eigenvalue weighted by Gasteiger charge is 2.32. The van der Waals surface area contributed by atoms with Gasteiger partial charge in [0.1, 0.15) is 46.0 Å². The number of aryl methyl sites for hydroxylation is 2. The van der Waals surface area contributed by atoms with Crippen LogP contribution < -0.4 is 37.9 Å². The molecule has 0 aliphatic heterocycles. The number of carbonyl (C=O) groups excluding carboxylic acids is 1. The first-order chi connectivity index (χ1) is 32.3. The standard InChI is InChI=1S/C49H32Cl2F6N2O9/c1-25-43(27-5-9-29(10-6-27)63-31-13-17-33(18-14-31)67-48(52,53)54)45(35-21-37(50)41(61-3)23-39(35)58-25)65-47(60)66-46-36-22-38(51)42(62-4)24-40(36)59-26(2)44(46)28-7-11-30(12-8-28)64-32-15-19-34(20-16-32)68-49(55,56)57/h5-24H,1-4H3. The molecule has 0 fully saturated rings. The predicted octanol–water partition coefficient (Wildman–Crippen LogP) is 15.0. The Morgan fingerprint density at radius 2 is 0.794 bits per heavy atom. The van der Waals surface area contributed by atoms with Crippen LogP contribution in [0.3, 0.4) is 0 Å². The van der Waals surface area contributed by atoms with Crippen molar-refractivity contribution in [1.29, 1.82) is 0 Å². The van der Waals surface area contributed by atoms with E-state index in [-0.39, 0.29) is 33.0 Å². The third kappa shape index (κ3) is 10.6. The Morgan fingerprint density at radius 1 is 0.485 bits per heavy atom. The molecule has 348 valence electrons. The molecule has 0 saturated heterocycles. The number of methoxy groups -OCH3 is 2. The molecule has 0 radical (unpaired) electrons. The molecule has 0 spiro atoms. The molecule has 68 heavy (non-hydrogen) atoms. The van der Waals surface area contributed by atoms with Crippen molar-refractivity contribution in [2.24, 2.45) is 0 Å². The summed E-state index contributed by atoms with van der Waals surface area (Å²) >= 11 is 13.3. The number of carbonyl (C=O) groups is 1. The topological polar surface area (TPSA) is 117 Å². The molecule has 6 aromatic carbocycles. The van der Waals surface area contributed by atoms with Crippen molar-refractivity contribution >= 4 is 51.2 Å². The van der Waals surface area contributed by atoms with E-state index in [0.29, 0.717) is 78.4 Å². The number of fused-ring (bicyclic) bond motifs is 2. The van der Waals surface area contributed by atoms with Crippen molar-refractivity contribution in [1.82, 2.24) is 9.97 Å². The second-order valence-corrected chi connectivity index (χ2v) is 15.4. The zero-order valence-corrected chi connectivity index (χ0v) is 37.2. The minimum atomic E-state index is -4.85. The van der Waals surface area contributed by atoms with Gasteiger partial charge in [-0.15, -0.1) is 26.3 Å². The Bertz CT molecular complexity index is 2960. The largest absolute Gasteiger partial charge is 0.573 e. The van der Waals surface area contributed by atoms with Gasteiger partial charge in [-0.25, -0.2) is 4.79 Å². The van der Waals surface area contributed by atoms with Crippen molar-refractivity contribution in [3.63, 3.8) is 0 Å². The average Bonchev–Trinajstić information content (AvgIpc) is 3.28. The fourth-order valence-electron chi connectivity index (χ4n) is 7.17. The molecule has 0 unspecified atom stereocenters. The summed E-state index contributed by atoms with van der Waals surface area (Å²) in [5.41, 5.74) is 3.37. The van der Waals surface area contributed by atoms with E-state index >= 15 is 0 Å². The van der Waals surface area contributed by atoms with Crippen LogP contribution in [0.2, 0.25) is 10.0 Å². The van der Waals surface area contributed by atoms with Gasteiger partial charge in [0.25, 0.3) is 0 Å². The number of pyridine rings is 2. The minimum absolute atomic E-state index is 0.0202.